The third-order valence-corrected chi connectivity index (χ3v) is 6.56. The average molecular weight is 521 g/mol. The molecule has 0 radical (unpaired) electrons. The van der Waals surface area contributed by atoms with E-state index < -0.39 is 0 Å². The van der Waals surface area contributed by atoms with Crippen molar-refractivity contribution in [1.82, 2.24) is 0 Å². The predicted molar refractivity (Wildman–Crippen MR) is 161 cm³/mol. The zero-order chi connectivity index (χ0) is 27.3. The highest BCUT2D eigenvalue weighted by Gasteiger charge is 2.05. The molecule has 6 aromatic rings. The first-order valence-corrected chi connectivity index (χ1v) is 12.8. The Hall–Kier alpha value is -5.62. The number of nitrogens with zero attached hydrogens (tertiary/aromatic N) is 4. The van der Waals surface area contributed by atoms with Gasteiger partial charge in [0.15, 0.2) is 0 Å². The highest BCUT2D eigenvalue weighted by atomic mass is 16.3. The van der Waals surface area contributed by atoms with E-state index >= 15 is 0 Å². The minimum atomic E-state index is 0.229. The minimum absolute atomic E-state index is 0.229. The maximum Gasteiger partial charge on any atom is 0.123 e. The molecule has 2 N–H and O–H groups in total. The van der Waals surface area contributed by atoms with E-state index in [0.29, 0.717) is 11.4 Å². The Morgan fingerprint density at radius 3 is 1.15 bits per heavy atom. The number of hydrogen-bond acceptors (Lipinski definition) is 6. The summed E-state index contributed by atoms with van der Waals surface area (Å²) in [6.45, 7) is 0. The molecule has 0 amide bonds. The molecule has 0 aliphatic heterocycles. The van der Waals surface area contributed by atoms with Crippen LogP contribution in [-0.4, -0.2) is 10.2 Å². The highest BCUT2D eigenvalue weighted by molar-refractivity contribution is 5.97. The zero-order valence-corrected chi connectivity index (χ0v) is 21.4. The molecule has 40 heavy (non-hydrogen) atoms. The Bertz CT molecular complexity index is 1770. The summed E-state index contributed by atoms with van der Waals surface area (Å²) in [5.41, 5.74) is 4.97. The van der Waals surface area contributed by atoms with E-state index in [-0.39, 0.29) is 11.5 Å². The normalized spacial score (nSPS) is 11.9. The van der Waals surface area contributed by atoms with E-state index in [4.69, 9.17) is 0 Å². The quantitative estimate of drug-likeness (QED) is 0.169. The molecule has 0 saturated carbocycles. The number of aromatic hydroxyl groups is 2. The second-order valence-corrected chi connectivity index (χ2v) is 9.22. The minimum Gasteiger partial charge on any atom is -0.507 e. The van der Waals surface area contributed by atoms with E-state index in [1.165, 1.54) is 0 Å². The third-order valence-electron chi connectivity index (χ3n) is 6.56. The van der Waals surface area contributed by atoms with Crippen LogP contribution in [0, 0.1) is 0 Å². The van der Waals surface area contributed by atoms with Crippen molar-refractivity contribution < 1.29 is 10.2 Å². The first kappa shape index (κ1) is 24.7. The van der Waals surface area contributed by atoms with Crippen LogP contribution in [0.25, 0.3) is 33.7 Å². The average Bonchev–Trinajstić information content (AvgIpc) is 3.01. The van der Waals surface area contributed by atoms with Crippen LogP contribution in [0.1, 0.15) is 11.1 Å². The van der Waals surface area contributed by atoms with Gasteiger partial charge in [0, 0.05) is 21.5 Å². The van der Waals surface area contributed by atoms with Crippen LogP contribution in [0.2, 0.25) is 0 Å². The monoisotopic (exact) mass is 520 g/mol. The second kappa shape index (κ2) is 11.0. The molecule has 0 aromatic heterocycles. The van der Waals surface area contributed by atoms with Crippen molar-refractivity contribution in [3.05, 3.63) is 132 Å². The van der Waals surface area contributed by atoms with E-state index in [2.05, 4.69) is 20.5 Å². The molecular weight excluding hydrogens is 496 g/mol. The van der Waals surface area contributed by atoms with Crippen LogP contribution in [0.5, 0.6) is 11.5 Å². The van der Waals surface area contributed by atoms with Crippen molar-refractivity contribution in [2.45, 2.75) is 0 Å². The fourth-order valence-corrected chi connectivity index (χ4v) is 4.43. The van der Waals surface area contributed by atoms with Gasteiger partial charge in [0.1, 0.15) is 11.5 Å². The molecule has 0 aliphatic carbocycles. The molecule has 0 spiro atoms. The molecule has 0 atom stereocenters. The smallest absolute Gasteiger partial charge is 0.123 e. The number of fused-ring (bicyclic) bond motifs is 2. The molecule has 0 unspecified atom stereocenters. The fourth-order valence-electron chi connectivity index (χ4n) is 4.43. The highest BCUT2D eigenvalue weighted by Crippen LogP contribution is 2.34. The number of hydrogen-bond donors (Lipinski definition) is 2. The van der Waals surface area contributed by atoms with Crippen LogP contribution >= 0.6 is 0 Å². The molecule has 6 heteroatoms. The van der Waals surface area contributed by atoms with E-state index in [1.807, 2.05) is 109 Å². The molecule has 0 heterocycles. The van der Waals surface area contributed by atoms with Gasteiger partial charge in [-0.1, -0.05) is 84.9 Å². The Kier molecular flexibility index (Phi) is 6.80. The van der Waals surface area contributed by atoms with Gasteiger partial charge in [0.05, 0.1) is 22.7 Å². The number of phenolic OH excluding ortho intramolecular Hbond substituents is 2. The Labute approximate surface area is 230 Å². The van der Waals surface area contributed by atoms with Crippen molar-refractivity contribution in [2.24, 2.45) is 20.5 Å². The Balaban J connectivity index is 1.12. The van der Waals surface area contributed by atoms with Gasteiger partial charge in [-0.3, -0.25) is 0 Å². The Morgan fingerprint density at radius 2 is 0.750 bits per heavy atom. The molecule has 0 bridgehead atoms. The summed E-state index contributed by atoms with van der Waals surface area (Å²) in [7, 11) is 0. The molecule has 6 rings (SSSR count). The molecule has 0 aliphatic rings. The molecule has 0 fully saturated rings. The van der Waals surface area contributed by atoms with Crippen molar-refractivity contribution in [3.8, 4) is 11.5 Å². The van der Waals surface area contributed by atoms with Gasteiger partial charge in [-0.05, 0) is 59.7 Å². The first-order chi connectivity index (χ1) is 19.6. The van der Waals surface area contributed by atoms with Crippen molar-refractivity contribution >= 4 is 56.4 Å². The van der Waals surface area contributed by atoms with Crippen LogP contribution in [0.15, 0.2) is 142 Å². The summed E-state index contributed by atoms with van der Waals surface area (Å²) in [4.78, 5) is 0. The number of azo groups is 2. The number of rotatable bonds is 6. The lowest BCUT2D eigenvalue weighted by molar-refractivity contribution is 0.481. The van der Waals surface area contributed by atoms with E-state index in [1.54, 1.807) is 24.3 Å². The van der Waals surface area contributed by atoms with Gasteiger partial charge in [-0.15, -0.1) is 10.2 Å². The maximum absolute atomic E-state index is 10.1. The molecular formula is C34H24N4O2. The molecule has 0 saturated heterocycles. The van der Waals surface area contributed by atoms with Gasteiger partial charge in [0.25, 0.3) is 0 Å². The third kappa shape index (κ3) is 5.33. The lowest BCUT2D eigenvalue weighted by Crippen LogP contribution is -1.75. The standard InChI is InChI=1S/C34H24N4O2/c39-33-21-19-31(27-5-1-3-7-29(27)33)37-35-25-15-11-23(12-16-25)9-10-24-13-17-26(18-14-24)36-38-32-20-22-34(40)30-8-4-2-6-28(30)32/h1-22,39-40H/b10-9+,37-35?,38-36?. The van der Waals surface area contributed by atoms with Gasteiger partial charge >= 0.3 is 0 Å². The molecule has 6 nitrogen and oxygen atoms in total. The van der Waals surface area contributed by atoms with Crippen LogP contribution < -0.4 is 0 Å². The van der Waals surface area contributed by atoms with Gasteiger partial charge in [-0.2, -0.15) is 10.2 Å². The summed E-state index contributed by atoms with van der Waals surface area (Å²) in [6.07, 6.45) is 4.07. The summed E-state index contributed by atoms with van der Waals surface area (Å²) < 4.78 is 0. The van der Waals surface area contributed by atoms with Gasteiger partial charge in [0.2, 0.25) is 0 Å². The summed E-state index contributed by atoms with van der Waals surface area (Å²) in [6, 6.07) is 37.6. The van der Waals surface area contributed by atoms with Crippen molar-refractivity contribution in [1.29, 1.82) is 0 Å². The fraction of sp³-hybridized carbons (Fsp3) is 0. The lowest BCUT2D eigenvalue weighted by atomic mass is 10.1. The van der Waals surface area contributed by atoms with Crippen molar-refractivity contribution in [2.75, 3.05) is 0 Å². The SMILES string of the molecule is Oc1ccc(N=Nc2ccc(/C=C/c3ccc(N=Nc4ccc(O)c5ccccc45)cc3)cc2)c2ccccc12. The first-order valence-electron chi connectivity index (χ1n) is 12.8. The molecule has 6 aromatic carbocycles. The van der Waals surface area contributed by atoms with E-state index in [9.17, 15) is 10.2 Å². The number of phenols is 2. The predicted octanol–water partition coefficient (Wildman–Crippen LogP) is 10.4. The van der Waals surface area contributed by atoms with Crippen LogP contribution in [0.4, 0.5) is 22.7 Å². The van der Waals surface area contributed by atoms with Crippen molar-refractivity contribution in [3.63, 3.8) is 0 Å². The maximum atomic E-state index is 10.1. The van der Waals surface area contributed by atoms with Crippen LogP contribution in [0.3, 0.4) is 0 Å². The zero-order valence-electron chi connectivity index (χ0n) is 21.4. The van der Waals surface area contributed by atoms with E-state index in [0.717, 1.165) is 44.0 Å². The summed E-state index contributed by atoms with van der Waals surface area (Å²) >= 11 is 0. The molecule has 192 valence electrons. The van der Waals surface area contributed by atoms with Crippen LogP contribution in [-0.2, 0) is 0 Å². The lowest BCUT2D eigenvalue weighted by Gasteiger charge is -2.03. The topological polar surface area (TPSA) is 89.9 Å². The second-order valence-electron chi connectivity index (χ2n) is 9.22. The summed E-state index contributed by atoms with van der Waals surface area (Å²) in [5, 5.41) is 40.9. The number of benzene rings is 6. The van der Waals surface area contributed by atoms with Gasteiger partial charge in [-0.25, -0.2) is 0 Å². The summed E-state index contributed by atoms with van der Waals surface area (Å²) in [5.74, 6) is 0.458. The largest absolute Gasteiger partial charge is 0.507 e. The Morgan fingerprint density at radius 1 is 0.375 bits per heavy atom. The van der Waals surface area contributed by atoms with Gasteiger partial charge < -0.3 is 10.2 Å².